The molecule has 0 aromatic carbocycles. The van der Waals surface area contributed by atoms with Gasteiger partial charge in [-0.15, -0.1) is 0 Å². The third kappa shape index (κ3) is 5.29. The van der Waals surface area contributed by atoms with Crippen LogP contribution in [0.4, 0.5) is 0 Å². The molecule has 0 bridgehead atoms. The fraction of sp³-hybridized carbons (Fsp3) is 0.636. The average molecular weight is 293 g/mol. The van der Waals surface area contributed by atoms with Gasteiger partial charge < -0.3 is 14.9 Å². The maximum Gasteiger partial charge on any atom is 0.229 e. The Morgan fingerprint density at radius 2 is 2.33 bits per heavy atom. The summed E-state index contributed by atoms with van der Waals surface area (Å²) >= 11 is 7.47. The molecule has 0 saturated heterocycles. The Hall–Kier alpha value is -0.720. The van der Waals surface area contributed by atoms with Crippen molar-refractivity contribution in [2.45, 2.75) is 19.8 Å². The van der Waals surface area contributed by atoms with Crippen LogP contribution >= 0.6 is 23.4 Å². The zero-order chi connectivity index (χ0) is 13.4. The van der Waals surface area contributed by atoms with Crippen LogP contribution in [-0.2, 0) is 11.2 Å². The van der Waals surface area contributed by atoms with Crippen molar-refractivity contribution in [1.82, 2.24) is 10.5 Å². The Bertz CT molecular complexity index is 365. The molecule has 7 heteroatoms. The van der Waals surface area contributed by atoms with Crippen molar-refractivity contribution in [1.29, 1.82) is 0 Å². The van der Waals surface area contributed by atoms with Crippen LogP contribution in [0.5, 0.6) is 0 Å². The minimum Gasteiger partial charge on any atom is -0.396 e. The van der Waals surface area contributed by atoms with E-state index in [4.69, 9.17) is 21.2 Å². The second-order valence-electron chi connectivity index (χ2n) is 3.74. The number of nitrogens with zero attached hydrogens (tertiary/aromatic N) is 1. The maximum absolute atomic E-state index is 11.6. The molecule has 1 amide bonds. The molecule has 2 N–H and O–H groups in total. The monoisotopic (exact) mass is 292 g/mol. The average Bonchev–Trinajstić information content (AvgIpc) is 2.65. The molecule has 5 nitrogen and oxygen atoms in total. The van der Waals surface area contributed by atoms with Gasteiger partial charge in [-0.05, 0) is 30.7 Å². The summed E-state index contributed by atoms with van der Waals surface area (Å²) < 4.78 is 4.77. The fourth-order valence-electron chi connectivity index (χ4n) is 1.31. The minimum atomic E-state index is -0.0917. The standard InChI is InChI=1S/C11H17ClN2O3S/c1-8-9(11(12)17-14-8)7-10(16)13-3-6-18-5-2-4-15/h15H,2-7H2,1H3,(H,13,16). The van der Waals surface area contributed by atoms with E-state index in [-0.39, 0.29) is 24.2 Å². The molecule has 1 rings (SSSR count). The lowest BCUT2D eigenvalue weighted by Gasteiger charge is -2.04. The molecule has 0 unspecified atom stereocenters. The minimum absolute atomic E-state index is 0.0917. The summed E-state index contributed by atoms with van der Waals surface area (Å²) in [4.78, 5) is 11.6. The van der Waals surface area contributed by atoms with Gasteiger partial charge in [-0.2, -0.15) is 11.8 Å². The molecule has 0 radical (unpaired) electrons. The van der Waals surface area contributed by atoms with Crippen molar-refractivity contribution < 1.29 is 14.4 Å². The molecule has 1 aromatic rings. The number of amides is 1. The quantitative estimate of drug-likeness (QED) is 0.709. The Labute approximate surface area is 115 Å². The highest BCUT2D eigenvalue weighted by atomic mass is 35.5. The van der Waals surface area contributed by atoms with Gasteiger partial charge in [0.1, 0.15) is 0 Å². The van der Waals surface area contributed by atoms with E-state index in [1.165, 1.54) is 0 Å². The van der Waals surface area contributed by atoms with Crippen LogP contribution in [0.3, 0.4) is 0 Å². The third-order valence-corrected chi connectivity index (χ3v) is 3.66. The number of carbonyl (C=O) groups is 1. The van der Waals surface area contributed by atoms with Crippen LogP contribution in [-0.4, -0.2) is 40.8 Å². The van der Waals surface area contributed by atoms with E-state index >= 15 is 0 Å². The number of aliphatic hydroxyl groups excluding tert-OH is 1. The SMILES string of the molecule is Cc1noc(Cl)c1CC(=O)NCCSCCCO. The van der Waals surface area contributed by atoms with E-state index < -0.39 is 0 Å². The second kappa shape index (κ2) is 8.39. The normalized spacial score (nSPS) is 10.6. The van der Waals surface area contributed by atoms with E-state index in [1.807, 2.05) is 0 Å². The first kappa shape index (κ1) is 15.3. The van der Waals surface area contributed by atoms with Crippen molar-refractivity contribution in [2.24, 2.45) is 0 Å². The van der Waals surface area contributed by atoms with Crippen molar-refractivity contribution in [2.75, 3.05) is 24.7 Å². The number of thioether (sulfide) groups is 1. The summed E-state index contributed by atoms with van der Waals surface area (Å²) in [5.41, 5.74) is 1.29. The predicted octanol–water partition coefficient (Wildman–Crippen LogP) is 1.41. The largest absolute Gasteiger partial charge is 0.396 e. The van der Waals surface area contributed by atoms with Crippen LogP contribution in [0.1, 0.15) is 17.7 Å². The topological polar surface area (TPSA) is 75.4 Å². The van der Waals surface area contributed by atoms with Crippen molar-refractivity contribution in [3.63, 3.8) is 0 Å². The fourth-order valence-corrected chi connectivity index (χ4v) is 2.33. The zero-order valence-corrected chi connectivity index (χ0v) is 11.8. The van der Waals surface area contributed by atoms with Gasteiger partial charge in [0.25, 0.3) is 0 Å². The molecule has 1 aromatic heterocycles. The molecule has 0 atom stereocenters. The first-order valence-corrected chi connectivity index (χ1v) is 7.24. The predicted molar refractivity (Wildman–Crippen MR) is 72.0 cm³/mol. The first-order valence-electron chi connectivity index (χ1n) is 5.71. The summed E-state index contributed by atoms with van der Waals surface area (Å²) in [5, 5.41) is 15.3. The summed E-state index contributed by atoms with van der Waals surface area (Å²) in [7, 11) is 0. The first-order chi connectivity index (χ1) is 8.65. The number of hydrogen-bond donors (Lipinski definition) is 2. The van der Waals surface area contributed by atoms with Crippen molar-refractivity contribution in [3.8, 4) is 0 Å². The molecule has 1 heterocycles. The lowest BCUT2D eigenvalue weighted by molar-refractivity contribution is -0.120. The summed E-state index contributed by atoms with van der Waals surface area (Å²) in [6.45, 7) is 2.57. The number of carbonyl (C=O) groups excluding carboxylic acids is 1. The van der Waals surface area contributed by atoms with Gasteiger partial charge in [0, 0.05) is 24.5 Å². The van der Waals surface area contributed by atoms with Crippen LogP contribution in [0.2, 0.25) is 5.22 Å². The number of aryl methyl sites for hydroxylation is 1. The zero-order valence-electron chi connectivity index (χ0n) is 10.2. The lowest BCUT2D eigenvalue weighted by Crippen LogP contribution is -2.27. The Morgan fingerprint density at radius 1 is 1.56 bits per heavy atom. The molecular weight excluding hydrogens is 276 g/mol. The number of aromatic nitrogens is 1. The highest BCUT2D eigenvalue weighted by molar-refractivity contribution is 7.99. The molecule has 0 aliphatic rings. The van der Waals surface area contributed by atoms with Crippen LogP contribution < -0.4 is 5.32 Å². The van der Waals surface area contributed by atoms with E-state index in [2.05, 4.69) is 10.5 Å². The summed E-state index contributed by atoms with van der Waals surface area (Å²) in [5.74, 6) is 1.65. The smallest absolute Gasteiger partial charge is 0.229 e. The van der Waals surface area contributed by atoms with E-state index in [1.54, 1.807) is 18.7 Å². The number of hydrogen-bond acceptors (Lipinski definition) is 5. The second-order valence-corrected chi connectivity index (χ2v) is 5.30. The molecule has 18 heavy (non-hydrogen) atoms. The third-order valence-electron chi connectivity index (χ3n) is 2.29. The Balaban J connectivity index is 2.18. The van der Waals surface area contributed by atoms with Crippen molar-refractivity contribution >= 4 is 29.3 Å². The molecule has 0 spiro atoms. The summed E-state index contributed by atoms with van der Waals surface area (Å²) in [6.07, 6.45) is 0.976. The van der Waals surface area contributed by atoms with Gasteiger partial charge >= 0.3 is 0 Å². The number of rotatable bonds is 8. The molecule has 0 aliphatic carbocycles. The number of halogens is 1. The summed E-state index contributed by atoms with van der Waals surface area (Å²) in [6, 6.07) is 0. The molecule has 0 saturated carbocycles. The van der Waals surface area contributed by atoms with E-state index in [0.717, 1.165) is 17.9 Å². The van der Waals surface area contributed by atoms with Gasteiger partial charge in [-0.1, -0.05) is 5.16 Å². The van der Waals surface area contributed by atoms with E-state index in [9.17, 15) is 4.79 Å². The highest BCUT2D eigenvalue weighted by Gasteiger charge is 2.14. The Kier molecular flexibility index (Phi) is 7.15. The van der Waals surface area contributed by atoms with Gasteiger partial charge in [0.05, 0.1) is 12.1 Å². The molecule has 0 aliphatic heterocycles. The molecule has 102 valence electrons. The molecular formula is C11H17ClN2O3S. The Morgan fingerprint density at radius 3 is 2.94 bits per heavy atom. The van der Waals surface area contributed by atoms with Gasteiger partial charge in [-0.3, -0.25) is 4.79 Å². The van der Waals surface area contributed by atoms with Crippen LogP contribution in [0.15, 0.2) is 4.52 Å². The van der Waals surface area contributed by atoms with Crippen LogP contribution in [0.25, 0.3) is 0 Å². The maximum atomic E-state index is 11.6. The lowest BCUT2D eigenvalue weighted by atomic mass is 10.2. The molecule has 0 fully saturated rings. The number of nitrogens with one attached hydrogen (secondary N) is 1. The number of aliphatic hydroxyl groups is 1. The van der Waals surface area contributed by atoms with Gasteiger partial charge in [0.15, 0.2) is 0 Å². The van der Waals surface area contributed by atoms with Crippen LogP contribution in [0, 0.1) is 6.92 Å². The van der Waals surface area contributed by atoms with E-state index in [0.29, 0.717) is 17.8 Å². The van der Waals surface area contributed by atoms with Gasteiger partial charge in [0.2, 0.25) is 11.1 Å². The highest BCUT2D eigenvalue weighted by Crippen LogP contribution is 2.19. The van der Waals surface area contributed by atoms with Crippen molar-refractivity contribution in [3.05, 3.63) is 16.5 Å². The van der Waals surface area contributed by atoms with Gasteiger partial charge in [-0.25, -0.2) is 0 Å².